The molecule has 0 saturated heterocycles. The number of likely N-dealkylation sites (N-methyl/N-ethyl adjacent to an activating group) is 1. The van der Waals surface area contributed by atoms with Crippen molar-refractivity contribution in [2.45, 2.75) is 19.0 Å². The van der Waals surface area contributed by atoms with E-state index in [1.807, 2.05) is 43.3 Å². The van der Waals surface area contributed by atoms with Gasteiger partial charge in [-0.05, 0) is 43.4 Å². The number of phenolic OH excluding ortho intramolecular Hbond substituents is 1. The number of imidazole rings is 1. The van der Waals surface area contributed by atoms with Gasteiger partial charge in [0, 0.05) is 36.1 Å². The third-order valence-corrected chi connectivity index (χ3v) is 5.92. The quantitative estimate of drug-likeness (QED) is 0.430. The van der Waals surface area contributed by atoms with Crippen molar-refractivity contribution in [3.63, 3.8) is 0 Å². The first kappa shape index (κ1) is 18.6. The van der Waals surface area contributed by atoms with Gasteiger partial charge in [0.05, 0.1) is 5.69 Å². The third kappa shape index (κ3) is 2.74. The molecule has 0 aliphatic carbocycles. The first-order valence-corrected chi connectivity index (χ1v) is 10.0. The van der Waals surface area contributed by atoms with Gasteiger partial charge in [0.1, 0.15) is 11.8 Å². The molecule has 2 aromatic carbocycles. The van der Waals surface area contributed by atoms with Crippen molar-refractivity contribution in [1.82, 2.24) is 19.0 Å². The van der Waals surface area contributed by atoms with Crippen LogP contribution in [0.1, 0.15) is 28.6 Å². The van der Waals surface area contributed by atoms with Gasteiger partial charge in [0.15, 0.2) is 0 Å². The summed E-state index contributed by atoms with van der Waals surface area (Å²) in [6.45, 7) is 1.04. The highest BCUT2D eigenvalue weighted by Gasteiger charge is 2.35. The normalized spacial score (nSPS) is 15.5. The van der Waals surface area contributed by atoms with Gasteiger partial charge in [-0.2, -0.15) is 0 Å². The highest BCUT2D eigenvalue weighted by molar-refractivity contribution is 5.86. The van der Waals surface area contributed by atoms with E-state index in [-0.39, 0.29) is 17.3 Å². The van der Waals surface area contributed by atoms with Crippen LogP contribution in [0, 0.1) is 0 Å². The molecule has 3 N–H and O–H groups in total. The number of aromatic nitrogens is 3. The SMILES string of the molecule is CN(C)CCn1c(O)c2n(c1=O)[C@H](c1cccc(O)c1)c1[nH]c3ccccc3c1C2. The molecule has 2 aromatic heterocycles. The Morgan fingerprint density at radius 1 is 1.13 bits per heavy atom. The van der Waals surface area contributed by atoms with Crippen LogP contribution in [0.3, 0.4) is 0 Å². The average Bonchev–Trinajstić information content (AvgIpc) is 3.20. The molecule has 30 heavy (non-hydrogen) atoms. The van der Waals surface area contributed by atoms with Crippen LogP contribution in [-0.4, -0.2) is 49.9 Å². The van der Waals surface area contributed by atoms with Crippen LogP contribution in [0.2, 0.25) is 0 Å². The van der Waals surface area contributed by atoms with Crippen molar-refractivity contribution in [1.29, 1.82) is 0 Å². The Labute approximate surface area is 173 Å². The van der Waals surface area contributed by atoms with Gasteiger partial charge in [-0.1, -0.05) is 30.3 Å². The van der Waals surface area contributed by atoms with Crippen LogP contribution < -0.4 is 5.69 Å². The van der Waals surface area contributed by atoms with Crippen molar-refractivity contribution in [2.75, 3.05) is 20.6 Å². The number of fused-ring (bicyclic) bond motifs is 4. The fourth-order valence-corrected chi connectivity index (χ4v) is 4.48. The molecule has 0 bridgehead atoms. The summed E-state index contributed by atoms with van der Waals surface area (Å²) in [5, 5.41) is 22.2. The molecule has 0 amide bonds. The lowest BCUT2D eigenvalue weighted by Gasteiger charge is -2.26. The zero-order valence-electron chi connectivity index (χ0n) is 17.0. The van der Waals surface area contributed by atoms with Gasteiger partial charge in [0.2, 0.25) is 5.88 Å². The number of nitrogens with zero attached hydrogens (tertiary/aromatic N) is 3. The second-order valence-electron chi connectivity index (χ2n) is 8.11. The molecule has 0 unspecified atom stereocenters. The van der Waals surface area contributed by atoms with E-state index in [0.29, 0.717) is 25.2 Å². The molecular weight excluding hydrogens is 380 g/mol. The molecule has 7 heteroatoms. The molecule has 0 fully saturated rings. The van der Waals surface area contributed by atoms with E-state index >= 15 is 0 Å². The second-order valence-corrected chi connectivity index (χ2v) is 8.11. The van der Waals surface area contributed by atoms with E-state index in [0.717, 1.165) is 27.7 Å². The number of phenols is 1. The minimum atomic E-state index is -0.456. The lowest BCUT2D eigenvalue weighted by molar-refractivity contribution is 0.351. The Kier molecular flexibility index (Phi) is 4.22. The van der Waals surface area contributed by atoms with Crippen molar-refractivity contribution < 1.29 is 10.2 Å². The summed E-state index contributed by atoms with van der Waals surface area (Å²) >= 11 is 0. The predicted molar refractivity (Wildman–Crippen MR) is 115 cm³/mol. The van der Waals surface area contributed by atoms with Crippen LogP contribution in [0.5, 0.6) is 11.6 Å². The highest BCUT2D eigenvalue weighted by Crippen LogP contribution is 2.41. The Bertz CT molecular complexity index is 1310. The molecular formula is C23H24N4O3. The monoisotopic (exact) mass is 404 g/mol. The number of nitrogens with one attached hydrogen (secondary N) is 1. The molecule has 5 rings (SSSR count). The van der Waals surface area contributed by atoms with Gasteiger partial charge in [-0.25, -0.2) is 4.79 Å². The summed E-state index contributed by atoms with van der Waals surface area (Å²) in [6.07, 6.45) is 0.463. The first-order valence-electron chi connectivity index (χ1n) is 10.0. The molecule has 1 aliphatic rings. The summed E-state index contributed by atoms with van der Waals surface area (Å²) in [5.41, 5.74) is 4.12. The van der Waals surface area contributed by atoms with E-state index in [9.17, 15) is 15.0 Å². The molecule has 1 atom stereocenters. The van der Waals surface area contributed by atoms with Crippen LogP contribution >= 0.6 is 0 Å². The lowest BCUT2D eigenvalue weighted by Crippen LogP contribution is -2.33. The first-order chi connectivity index (χ1) is 14.5. The molecule has 1 aliphatic heterocycles. The minimum absolute atomic E-state index is 0.0166. The van der Waals surface area contributed by atoms with Crippen LogP contribution in [0.4, 0.5) is 0 Å². The molecule has 7 nitrogen and oxygen atoms in total. The van der Waals surface area contributed by atoms with Crippen LogP contribution in [-0.2, 0) is 13.0 Å². The van der Waals surface area contributed by atoms with Gasteiger partial charge in [-0.15, -0.1) is 0 Å². The van der Waals surface area contributed by atoms with Crippen molar-refractivity contribution in [2.24, 2.45) is 0 Å². The molecule has 0 saturated carbocycles. The average molecular weight is 404 g/mol. The van der Waals surface area contributed by atoms with Gasteiger partial charge >= 0.3 is 5.69 Å². The number of aromatic amines is 1. The summed E-state index contributed by atoms with van der Waals surface area (Å²) in [5.74, 6) is 0.157. The summed E-state index contributed by atoms with van der Waals surface area (Å²) in [6, 6.07) is 14.5. The van der Waals surface area contributed by atoms with E-state index in [1.54, 1.807) is 22.8 Å². The summed E-state index contributed by atoms with van der Waals surface area (Å²) < 4.78 is 3.11. The largest absolute Gasteiger partial charge is 0.508 e. The fourth-order valence-electron chi connectivity index (χ4n) is 4.48. The Hall–Kier alpha value is -3.45. The zero-order chi connectivity index (χ0) is 21.0. The standard InChI is InChI=1S/C23H24N4O3/c1-25(2)10-11-26-22(29)19-13-17-16-8-3-4-9-18(16)24-20(17)21(27(19)23(26)30)14-6-5-7-15(28)12-14/h3-9,12,21,24,28-29H,10-11,13H2,1-2H3/t21-/m1/s1. The number of para-hydroxylation sites is 1. The maximum atomic E-state index is 13.4. The summed E-state index contributed by atoms with van der Waals surface area (Å²) in [4.78, 5) is 18.9. The fraction of sp³-hybridized carbons (Fsp3) is 0.261. The number of H-pyrrole nitrogens is 1. The Balaban J connectivity index is 1.77. The molecule has 0 spiro atoms. The van der Waals surface area contributed by atoms with Crippen LogP contribution in [0.15, 0.2) is 53.3 Å². The maximum Gasteiger partial charge on any atom is 0.332 e. The number of benzene rings is 2. The number of aromatic hydroxyl groups is 2. The Morgan fingerprint density at radius 2 is 1.93 bits per heavy atom. The van der Waals surface area contributed by atoms with E-state index in [4.69, 9.17) is 0 Å². The number of hydrogen-bond donors (Lipinski definition) is 3. The molecule has 0 radical (unpaired) electrons. The molecule has 4 aromatic rings. The third-order valence-electron chi connectivity index (χ3n) is 5.92. The van der Waals surface area contributed by atoms with E-state index in [2.05, 4.69) is 11.1 Å². The lowest BCUT2D eigenvalue weighted by atomic mass is 9.93. The van der Waals surface area contributed by atoms with E-state index < -0.39 is 6.04 Å². The van der Waals surface area contributed by atoms with E-state index in [1.165, 1.54) is 4.57 Å². The minimum Gasteiger partial charge on any atom is -0.508 e. The maximum absolute atomic E-state index is 13.4. The van der Waals surface area contributed by atoms with Gasteiger partial charge in [0.25, 0.3) is 0 Å². The van der Waals surface area contributed by atoms with Crippen molar-refractivity contribution in [3.8, 4) is 11.6 Å². The second kappa shape index (κ2) is 6.81. The van der Waals surface area contributed by atoms with Crippen molar-refractivity contribution in [3.05, 3.63) is 81.5 Å². The smallest absolute Gasteiger partial charge is 0.332 e. The zero-order valence-corrected chi connectivity index (χ0v) is 17.0. The summed E-state index contributed by atoms with van der Waals surface area (Å²) in [7, 11) is 3.87. The van der Waals surface area contributed by atoms with Gasteiger partial charge < -0.3 is 20.1 Å². The number of hydrogen-bond acceptors (Lipinski definition) is 4. The molecule has 3 heterocycles. The topological polar surface area (TPSA) is 86.4 Å². The van der Waals surface area contributed by atoms with Crippen molar-refractivity contribution >= 4 is 10.9 Å². The number of rotatable bonds is 4. The Morgan fingerprint density at radius 3 is 2.70 bits per heavy atom. The van der Waals surface area contributed by atoms with Crippen LogP contribution in [0.25, 0.3) is 10.9 Å². The van der Waals surface area contributed by atoms with Gasteiger partial charge in [-0.3, -0.25) is 9.13 Å². The highest BCUT2D eigenvalue weighted by atomic mass is 16.3. The predicted octanol–water partition coefficient (Wildman–Crippen LogP) is 2.65. The molecule has 154 valence electrons.